The SMILES string of the molecule is COC(=O)[C@H]1O[C@@H](O[C@@H]2[C@@H](NC(=O)C(Cl)(Cl)Cl)[C@H](O[C@H]3[C@H](OC(=O)c4ccccc4)[C@@H](OC(=O)c4ccccc4)[C@H](O[C@@H]4[C@@H](NC(=O)C(Cl)(Cl)Cl)[C@H](Oc5cccc6ccccc56)O[C@H](COC(=O)c5ccccc5)[C@@H]4OC(=O)c4ccccc4)O[C@@H]3C(=O)OC)O[C@H](COC(C)=O)[C@@H]2OC(C)=O)[C@H](OC(C)=O)[C@@H](OC(C)=O)[C@@H]1OC(C)=O. The third-order valence-electron chi connectivity index (χ3n) is 17.9. The molecular formula is C78H74Cl6N2O32. The monoisotopic (exact) mass is 1760 g/mol. The highest BCUT2D eigenvalue weighted by Gasteiger charge is 2.64. The average molecular weight is 1760 g/mol. The fourth-order valence-corrected chi connectivity index (χ4v) is 13.2. The van der Waals surface area contributed by atoms with Crippen molar-refractivity contribution in [1.29, 1.82) is 0 Å². The lowest BCUT2D eigenvalue weighted by Gasteiger charge is -2.51. The van der Waals surface area contributed by atoms with Crippen molar-refractivity contribution in [3.8, 4) is 5.75 Å². The van der Waals surface area contributed by atoms with Gasteiger partial charge in [-0.3, -0.25) is 33.6 Å². The minimum Gasteiger partial charge on any atom is -0.467 e. The summed E-state index contributed by atoms with van der Waals surface area (Å²) in [5.74, 6) is -16.6. The van der Waals surface area contributed by atoms with Gasteiger partial charge in [-0.05, 0) is 60.0 Å². The molecule has 4 fully saturated rings. The molecule has 0 unspecified atom stereocenters. The van der Waals surface area contributed by atoms with Crippen molar-refractivity contribution >= 4 is 158 Å². The summed E-state index contributed by atoms with van der Waals surface area (Å²) in [5.41, 5.74) is -0.689. The number of halogens is 6. The van der Waals surface area contributed by atoms with Crippen molar-refractivity contribution in [2.45, 2.75) is 165 Å². The summed E-state index contributed by atoms with van der Waals surface area (Å²) in [4.78, 5) is 184. The van der Waals surface area contributed by atoms with Gasteiger partial charge >= 0.3 is 65.7 Å². The molecule has 0 spiro atoms. The van der Waals surface area contributed by atoms with E-state index in [9.17, 15) is 47.9 Å². The molecule has 0 saturated carbocycles. The van der Waals surface area contributed by atoms with Gasteiger partial charge in [0.25, 0.3) is 19.4 Å². The van der Waals surface area contributed by atoms with Crippen LogP contribution >= 0.6 is 69.6 Å². The van der Waals surface area contributed by atoms with Crippen LogP contribution in [0.3, 0.4) is 0 Å². The number of hydrogen-bond acceptors (Lipinski definition) is 32. The van der Waals surface area contributed by atoms with Gasteiger partial charge in [-0.2, -0.15) is 0 Å². The number of methoxy groups -OCH3 is 2. The van der Waals surface area contributed by atoms with Crippen LogP contribution < -0.4 is 15.4 Å². The van der Waals surface area contributed by atoms with E-state index < -0.39 is 221 Å². The molecule has 630 valence electrons. The van der Waals surface area contributed by atoms with Crippen LogP contribution in [0.2, 0.25) is 0 Å². The maximum absolute atomic E-state index is 15.4. The zero-order chi connectivity index (χ0) is 85.4. The molecule has 118 heavy (non-hydrogen) atoms. The van der Waals surface area contributed by atoms with E-state index in [-0.39, 0.29) is 28.0 Å². The minimum atomic E-state index is -3.07. The molecule has 34 nitrogen and oxygen atoms in total. The van der Waals surface area contributed by atoms with Crippen LogP contribution in [0.15, 0.2) is 164 Å². The Labute approximate surface area is 701 Å². The molecule has 0 radical (unpaired) electrons. The summed E-state index contributed by atoms with van der Waals surface area (Å²) >= 11 is 38.1. The number of nitrogens with one attached hydrogen (secondary N) is 2. The van der Waals surface area contributed by atoms with Gasteiger partial charge in [-0.25, -0.2) is 28.8 Å². The highest BCUT2D eigenvalue weighted by Crippen LogP contribution is 2.42. The Kier molecular flexibility index (Phi) is 31.1. The standard InChI is InChI=1S/C78H74Cl6N2O32/c1-37(87)102-35-49-53(104-38(2)88)55(114-73-63(107-41(5)91)59(106-40(4)90)57(105-39(3)89)61(117-73)69(96)100-6)52(86-76(99)78(82,83)84)72(110-49)116-58-60(112-67(94)45-28-16-10-17-29-45)64(113-68(95)46-30-18-11-19-31-46)74(118-62(58)70(97)101-7)115-56-51(85-75(98)77(79,80)81)71(108-48-34-22-32-42-23-20-21-33-47(42)48)109-50(36-103-65(92)43-24-12-8-13-25-43)54(56)111-66(93)44-26-14-9-15-27-44/h8-34,49-64,71-74H,35-36H2,1-7H3,(H,85,98)(H,86,99)/t49-,50-,51-,52-,53+,54+,55-,56-,57+,58+,59+,60+,61+,62+,63-,64-,71-,72+,73-,74-/m1/s1. The van der Waals surface area contributed by atoms with Crippen molar-refractivity contribution in [2.75, 3.05) is 27.4 Å². The second-order valence-corrected chi connectivity index (χ2v) is 30.7. The van der Waals surface area contributed by atoms with E-state index in [4.69, 9.17) is 160 Å². The smallest absolute Gasteiger partial charge is 0.339 e. The zero-order valence-corrected chi connectivity index (χ0v) is 67.4. The number of esters is 11. The molecule has 2 N–H and O–H groups in total. The van der Waals surface area contributed by atoms with Crippen LogP contribution in [-0.4, -0.2) is 235 Å². The first-order valence-electron chi connectivity index (χ1n) is 35.6. The predicted molar refractivity (Wildman–Crippen MR) is 405 cm³/mol. The lowest BCUT2D eigenvalue weighted by molar-refractivity contribution is -0.367. The van der Waals surface area contributed by atoms with Crippen LogP contribution in [0.25, 0.3) is 10.8 Å². The van der Waals surface area contributed by atoms with Crippen LogP contribution in [0, 0.1) is 0 Å². The first-order valence-corrected chi connectivity index (χ1v) is 37.9. The second-order valence-electron chi connectivity index (χ2n) is 26.1. The van der Waals surface area contributed by atoms with Gasteiger partial charge in [0.15, 0.2) is 73.8 Å². The summed E-state index contributed by atoms with van der Waals surface area (Å²) < 4.78 is 111. The van der Waals surface area contributed by atoms with E-state index in [1.807, 2.05) is 0 Å². The van der Waals surface area contributed by atoms with Crippen LogP contribution in [0.5, 0.6) is 5.75 Å². The predicted octanol–water partition coefficient (Wildman–Crippen LogP) is 7.15. The van der Waals surface area contributed by atoms with E-state index in [1.165, 1.54) is 115 Å². The first-order chi connectivity index (χ1) is 56.1. The van der Waals surface area contributed by atoms with Gasteiger partial charge in [0.1, 0.15) is 61.6 Å². The number of rotatable bonds is 27. The number of hydrogen-bond donors (Lipinski definition) is 2. The molecule has 0 aliphatic carbocycles. The molecule has 40 heteroatoms. The maximum Gasteiger partial charge on any atom is 0.339 e. The summed E-state index contributed by atoms with van der Waals surface area (Å²) in [6.45, 7) is 2.46. The lowest BCUT2D eigenvalue weighted by atomic mass is 9.93. The van der Waals surface area contributed by atoms with Gasteiger partial charge < -0.3 is 101 Å². The lowest BCUT2D eigenvalue weighted by Crippen LogP contribution is -2.72. The van der Waals surface area contributed by atoms with E-state index in [0.717, 1.165) is 48.8 Å². The Bertz CT molecular complexity index is 4600. The van der Waals surface area contributed by atoms with E-state index in [2.05, 4.69) is 10.6 Å². The third kappa shape index (κ3) is 23.1. The van der Waals surface area contributed by atoms with Crippen molar-refractivity contribution in [1.82, 2.24) is 10.6 Å². The summed E-state index contributed by atoms with van der Waals surface area (Å²) in [6, 6.07) is 35.6. The Morgan fingerprint density at radius 3 is 1.14 bits per heavy atom. The number of carbonyl (C=O) groups is 13. The number of ether oxygens (including phenoxy) is 19. The maximum atomic E-state index is 15.4. The Morgan fingerprint density at radius 1 is 0.339 bits per heavy atom. The van der Waals surface area contributed by atoms with Crippen LogP contribution in [-0.2, 0) is 128 Å². The number of benzene rings is 6. The normalized spacial score (nSPS) is 26.8. The van der Waals surface area contributed by atoms with Crippen molar-refractivity contribution in [2.24, 2.45) is 0 Å². The number of carbonyl (C=O) groups excluding carboxylic acids is 13. The van der Waals surface area contributed by atoms with E-state index in [0.29, 0.717) is 10.8 Å². The highest BCUT2D eigenvalue weighted by molar-refractivity contribution is 6.76. The van der Waals surface area contributed by atoms with E-state index in [1.54, 1.807) is 48.5 Å². The molecule has 0 bridgehead atoms. The number of fused-ring (bicyclic) bond motifs is 1. The zero-order valence-electron chi connectivity index (χ0n) is 62.9. The molecule has 6 aromatic carbocycles. The molecule has 10 rings (SSSR count). The summed E-state index contributed by atoms with van der Waals surface area (Å²) in [6.07, 6.45) is -41.3. The quantitative estimate of drug-likeness (QED) is 0.0293. The fourth-order valence-electron chi connectivity index (χ4n) is 12.9. The fraction of sp³-hybridized carbons (Fsp3) is 0.397. The van der Waals surface area contributed by atoms with Gasteiger partial charge in [0.2, 0.25) is 6.29 Å². The highest BCUT2D eigenvalue weighted by atomic mass is 35.6. The van der Waals surface area contributed by atoms with Crippen molar-refractivity contribution in [3.63, 3.8) is 0 Å². The average Bonchev–Trinajstić information content (AvgIpc) is 0.750. The van der Waals surface area contributed by atoms with Gasteiger partial charge in [0, 0.05) is 40.0 Å². The van der Waals surface area contributed by atoms with Crippen LogP contribution in [0.1, 0.15) is 76.1 Å². The molecular weight excluding hydrogens is 1690 g/mol. The topological polar surface area (TPSA) is 421 Å². The Hall–Kier alpha value is -10.0. The minimum absolute atomic E-state index is 0.00969. The van der Waals surface area contributed by atoms with Gasteiger partial charge in [-0.15, -0.1) is 0 Å². The molecule has 4 heterocycles. The van der Waals surface area contributed by atoms with Gasteiger partial charge in [0.05, 0.1) is 36.5 Å². The molecule has 2 amide bonds. The number of amides is 2. The summed E-state index contributed by atoms with van der Waals surface area (Å²) in [5, 5.41) is 5.89. The molecule has 4 aliphatic rings. The van der Waals surface area contributed by atoms with Crippen molar-refractivity contribution in [3.05, 3.63) is 186 Å². The molecule has 4 aliphatic heterocycles. The largest absolute Gasteiger partial charge is 0.467 e. The molecule has 0 aromatic heterocycles. The first kappa shape index (κ1) is 90.3. The van der Waals surface area contributed by atoms with E-state index >= 15 is 14.4 Å². The molecule has 4 saturated heterocycles. The van der Waals surface area contributed by atoms with Crippen molar-refractivity contribution < 1.29 is 152 Å². The number of alkyl halides is 6. The van der Waals surface area contributed by atoms with Crippen LogP contribution in [0.4, 0.5) is 0 Å². The third-order valence-corrected chi connectivity index (χ3v) is 19.0. The Morgan fingerprint density at radius 2 is 0.686 bits per heavy atom. The Balaban J connectivity index is 1.22. The molecule has 20 atom stereocenters. The summed E-state index contributed by atoms with van der Waals surface area (Å²) in [7, 11) is 1.69. The van der Waals surface area contributed by atoms with Gasteiger partial charge in [-0.1, -0.05) is 179 Å². The second kappa shape index (κ2) is 40.6. The molecule has 6 aromatic rings.